The molecule has 3 amide bonds. The number of nitrogens with one attached hydrogen (secondary N) is 2. The van der Waals surface area contributed by atoms with Gasteiger partial charge >= 0.3 is 0 Å². The lowest BCUT2D eigenvalue weighted by molar-refractivity contribution is -0.122. The first kappa shape index (κ1) is 14.7. The summed E-state index contributed by atoms with van der Waals surface area (Å²) < 4.78 is 0. The van der Waals surface area contributed by atoms with Gasteiger partial charge < -0.3 is 10.6 Å². The van der Waals surface area contributed by atoms with Crippen LogP contribution >= 0.6 is 0 Å². The molecule has 0 aromatic heterocycles. The zero-order valence-corrected chi connectivity index (χ0v) is 12.5. The topological polar surface area (TPSA) is 78.5 Å². The Balaban J connectivity index is 1.65. The molecule has 0 radical (unpaired) electrons. The van der Waals surface area contributed by atoms with Crippen LogP contribution in [0.1, 0.15) is 40.5 Å². The smallest absolute Gasteiger partial charge is 0.262 e. The summed E-state index contributed by atoms with van der Waals surface area (Å²) in [4.78, 5) is 37.6. The van der Waals surface area contributed by atoms with Crippen LogP contribution in [0.4, 0.5) is 0 Å². The highest BCUT2D eigenvalue weighted by Gasteiger charge is 2.36. The summed E-state index contributed by atoms with van der Waals surface area (Å²) in [6.07, 6.45) is 1.91. The van der Waals surface area contributed by atoms with Gasteiger partial charge in [0.05, 0.1) is 11.1 Å². The van der Waals surface area contributed by atoms with E-state index in [9.17, 15) is 14.4 Å². The average molecular weight is 301 g/mol. The van der Waals surface area contributed by atoms with E-state index in [-0.39, 0.29) is 24.5 Å². The molecule has 0 bridgehead atoms. The maximum absolute atomic E-state index is 12.2. The van der Waals surface area contributed by atoms with Crippen molar-refractivity contribution in [2.24, 2.45) is 0 Å². The molecule has 2 N–H and O–H groups in total. The maximum Gasteiger partial charge on any atom is 0.262 e. The lowest BCUT2D eigenvalue weighted by Gasteiger charge is -2.31. The second-order valence-corrected chi connectivity index (χ2v) is 5.80. The first-order valence-electron chi connectivity index (χ1n) is 7.56. The predicted octanol–water partition coefficient (Wildman–Crippen LogP) is 0.539. The molecule has 22 heavy (non-hydrogen) atoms. The highest BCUT2D eigenvalue weighted by atomic mass is 16.2. The van der Waals surface area contributed by atoms with Gasteiger partial charge in [-0.05, 0) is 38.4 Å². The van der Waals surface area contributed by atoms with E-state index in [2.05, 4.69) is 10.6 Å². The van der Waals surface area contributed by atoms with Crippen LogP contribution in [-0.4, -0.2) is 47.8 Å². The molecule has 2 aliphatic rings. The van der Waals surface area contributed by atoms with E-state index in [0.29, 0.717) is 11.1 Å². The summed E-state index contributed by atoms with van der Waals surface area (Å²) >= 11 is 0. The van der Waals surface area contributed by atoms with Crippen molar-refractivity contribution in [1.29, 1.82) is 0 Å². The Labute approximate surface area is 128 Å². The lowest BCUT2D eigenvalue weighted by Crippen LogP contribution is -2.54. The van der Waals surface area contributed by atoms with E-state index in [1.54, 1.807) is 24.3 Å². The molecule has 1 fully saturated rings. The van der Waals surface area contributed by atoms with Gasteiger partial charge in [0.25, 0.3) is 11.8 Å². The van der Waals surface area contributed by atoms with Crippen molar-refractivity contribution in [2.45, 2.75) is 31.8 Å². The molecule has 2 unspecified atom stereocenters. The standard InChI is InChI=1S/C16H19N3O3/c1-10-13(7-4-8-17-10)18-14(20)9-19-15(21)11-5-2-3-6-12(11)16(19)22/h2-3,5-6,10,13,17H,4,7-9H2,1H3,(H,18,20). The molecule has 6 heteroatoms. The van der Waals surface area contributed by atoms with E-state index in [1.807, 2.05) is 6.92 Å². The molecular weight excluding hydrogens is 282 g/mol. The molecular formula is C16H19N3O3. The fraction of sp³-hybridized carbons (Fsp3) is 0.438. The van der Waals surface area contributed by atoms with E-state index in [1.165, 1.54) is 0 Å². The predicted molar refractivity (Wildman–Crippen MR) is 80.4 cm³/mol. The number of imide groups is 1. The van der Waals surface area contributed by atoms with Crippen molar-refractivity contribution in [3.63, 3.8) is 0 Å². The monoisotopic (exact) mass is 301 g/mol. The molecule has 2 aliphatic heterocycles. The molecule has 0 aliphatic carbocycles. The van der Waals surface area contributed by atoms with Crippen molar-refractivity contribution < 1.29 is 14.4 Å². The SMILES string of the molecule is CC1NCCCC1NC(=O)CN1C(=O)c2ccccc2C1=O. The van der Waals surface area contributed by atoms with Gasteiger partial charge in [-0.2, -0.15) is 0 Å². The zero-order chi connectivity index (χ0) is 15.7. The van der Waals surface area contributed by atoms with Crippen LogP contribution in [0.25, 0.3) is 0 Å². The molecule has 1 aromatic carbocycles. The van der Waals surface area contributed by atoms with Gasteiger partial charge in [-0.3, -0.25) is 19.3 Å². The second-order valence-electron chi connectivity index (χ2n) is 5.80. The number of nitrogens with zero attached hydrogens (tertiary/aromatic N) is 1. The van der Waals surface area contributed by atoms with Crippen LogP contribution in [0.2, 0.25) is 0 Å². The highest BCUT2D eigenvalue weighted by molar-refractivity contribution is 6.22. The Morgan fingerprint density at radius 2 is 1.91 bits per heavy atom. The third-order valence-electron chi connectivity index (χ3n) is 4.29. The number of amides is 3. The number of carbonyl (C=O) groups is 3. The Bertz CT molecular complexity index is 594. The van der Waals surface area contributed by atoms with E-state index in [4.69, 9.17) is 0 Å². The minimum absolute atomic E-state index is 0.0384. The lowest BCUT2D eigenvalue weighted by atomic mass is 10.00. The summed E-state index contributed by atoms with van der Waals surface area (Å²) in [5, 5.41) is 6.22. The number of benzene rings is 1. The quantitative estimate of drug-likeness (QED) is 0.799. The number of piperidine rings is 1. The summed E-state index contributed by atoms with van der Waals surface area (Å²) in [5.41, 5.74) is 0.737. The normalized spacial score (nSPS) is 24.3. The van der Waals surface area contributed by atoms with Crippen molar-refractivity contribution in [3.05, 3.63) is 35.4 Å². The summed E-state index contributed by atoms with van der Waals surface area (Å²) in [6.45, 7) is 2.74. The minimum atomic E-state index is -0.398. The molecule has 0 saturated carbocycles. The number of rotatable bonds is 3. The van der Waals surface area contributed by atoms with Crippen LogP contribution in [0.15, 0.2) is 24.3 Å². The summed E-state index contributed by atoms with van der Waals surface area (Å²) in [5.74, 6) is -1.09. The maximum atomic E-state index is 12.2. The molecule has 1 aromatic rings. The fourth-order valence-corrected chi connectivity index (χ4v) is 3.02. The Morgan fingerprint density at radius 3 is 2.50 bits per heavy atom. The first-order chi connectivity index (χ1) is 10.6. The van der Waals surface area contributed by atoms with Crippen LogP contribution in [0, 0.1) is 0 Å². The minimum Gasteiger partial charge on any atom is -0.350 e. The van der Waals surface area contributed by atoms with Crippen LogP contribution < -0.4 is 10.6 Å². The van der Waals surface area contributed by atoms with Crippen LogP contribution in [0.5, 0.6) is 0 Å². The Hall–Kier alpha value is -2.21. The van der Waals surface area contributed by atoms with Crippen LogP contribution in [-0.2, 0) is 4.79 Å². The van der Waals surface area contributed by atoms with Gasteiger partial charge in [0.2, 0.25) is 5.91 Å². The number of carbonyl (C=O) groups excluding carboxylic acids is 3. The van der Waals surface area contributed by atoms with Crippen molar-refractivity contribution in [2.75, 3.05) is 13.1 Å². The Morgan fingerprint density at radius 1 is 1.27 bits per heavy atom. The number of fused-ring (bicyclic) bond motifs is 1. The molecule has 2 heterocycles. The number of hydrogen-bond acceptors (Lipinski definition) is 4. The zero-order valence-electron chi connectivity index (χ0n) is 12.5. The van der Waals surface area contributed by atoms with Gasteiger partial charge in [0, 0.05) is 12.1 Å². The molecule has 6 nitrogen and oxygen atoms in total. The molecule has 116 valence electrons. The summed E-state index contributed by atoms with van der Waals surface area (Å²) in [6, 6.07) is 6.88. The Kier molecular flexibility index (Phi) is 3.94. The van der Waals surface area contributed by atoms with Gasteiger partial charge in [-0.25, -0.2) is 0 Å². The third-order valence-corrected chi connectivity index (χ3v) is 4.29. The summed E-state index contributed by atoms with van der Waals surface area (Å²) in [7, 11) is 0. The first-order valence-corrected chi connectivity index (χ1v) is 7.56. The van der Waals surface area contributed by atoms with Gasteiger partial charge in [0.15, 0.2) is 0 Å². The fourth-order valence-electron chi connectivity index (χ4n) is 3.02. The largest absolute Gasteiger partial charge is 0.350 e. The van der Waals surface area contributed by atoms with Crippen LogP contribution in [0.3, 0.4) is 0 Å². The van der Waals surface area contributed by atoms with Crippen molar-refractivity contribution >= 4 is 17.7 Å². The molecule has 0 spiro atoms. The second kappa shape index (κ2) is 5.88. The van der Waals surface area contributed by atoms with E-state index >= 15 is 0 Å². The molecule has 3 rings (SSSR count). The molecule has 2 atom stereocenters. The average Bonchev–Trinajstić information content (AvgIpc) is 2.75. The highest BCUT2D eigenvalue weighted by Crippen LogP contribution is 2.22. The van der Waals surface area contributed by atoms with Gasteiger partial charge in [-0.15, -0.1) is 0 Å². The van der Waals surface area contributed by atoms with Crippen molar-refractivity contribution in [1.82, 2.24) is 15.5 Å². The van der Waals surface area contributed by atoms with Gasteiger partial charge in [-0.1, -0.05) is 12.1 Å². The van der Waals surface area contributed by atoms with E-state index in [0.717, 1.165) is 24.3 Å². The van der Waals surface area contributed by atoms with E-state index < -0.39 is 11.8 Å². The molecule has 1 saturated heterocycles. The van der Waals surface area contributed by atoms with Gasteiger partial charge in [0.1, 0.15) is 6.54 Å². The third kappa shape index (κ3) is 2.62. The van der Waals surface area contributed by atoms with Crippen molar-refractivity contribution in [3.8, 4) is 0 Å². The number of hydrogen-bond donors (Lipinski definition) is 2.